The third-order valence-corrected chi connectivity index (χ3v) is 1.84. The second-order valence-electron chi connectivity index (χ2n) is 3.00. The number of nitrogens with one attached hydrogen (secondary N) is 1. The fourth-order valence-electron chi connectivity index (χ4n) is 1.18. The first kappa shape index (κ1) is 10.5. The molecule has 3 N–H and O–H groups in total. The number of nitrogens with zero attached hydrogens (tertiary/aromatic N) is 1. The highest BCUT2D eigenvalue weighted by molar-refractivity contribution is 5.47. The predicted octanol–water partition coefficient (Wildman–Crippen LogP) is 0.950. The summed E-state index contributed by atoms with van der Waals surface area (Å²) in [7, 11) is 0. The van der Waals surface area contributed by atoms with Crippen LogP contribution in [0.4, 0.5) is 5.69 Å². The lowest BCUT2D eigenvalue weighted by Crippen LogP contribution is -2.28. The van der Waals surface area contributed by atoms with Crippen molar-refractivity contribution >= 4 is 12.1 Å². The molecule has 1 aromatic carbocycles. The molecule has 0 saturated heterocycles. The quantitative estimate of drug-likeness (QED) is 0.317. The number of hydrogen-bond donors (Lipinski definition) is 2. The van der Waals surface area contributed by atoms with Gasteiger partial charge in [0.25, 0.3) is 0 Å². The van der Waals surface area contributed by atoms with Gasteiger partial charge in [0, 0.05) is 12.2 Å². The molecule has 4 nitrogen and oxygen atoms in total. The molecular weight excluding hydrogens is 178 g/mol. The summed E-state index contributed by atoms with van der Waals surface area (Å²) in [5.74, 6) is 5.35. The standard InChI is InChI=1S/C10H15N3O/c1-2-12-10-5-3-9(4-6-10)7-13(11)8-14/h3-6,8,12H,2,7,11H2,1H3. The summed E-state index contributed by atoms with van der Waals surface area (Å²) in [4.78, 5) is 10.3. The van der Waals surface area contributed by atoms with E-state index in [1.165, 1.54) is 0 Å². The average molecular weight is 193 g/mol. The topological polar surface area (TPSA) is 58.4 Å². The van der Waals surface area contributed by atoms with Crippen molar-refractivity contribution in [1.29, 1.82) is 0 Å². The van der Waals surface area contributed by atoms with Gasteiger partial charge in [-0.05, 0) is 24.6 Å². The lowest BCUT2D eigenvalue weighted by molar-refractivity contribution is -0.118. The molecule has 0 heterocycles. The predicted molar refractivity (Wildman–Crippen MR) is 56.4 cm³/mol. The van der Waals surface area contributed by atoms with E-state index in [0.717, 1.165) is 22.8 Å². The number of carbonyl (C=O) groups excluding carboxylic acids is 1. The Morgan fingerprint density at radius 3 is 2.57 bits per heavy atom. The number of anilines is 1. The highest BCUT2D eigenvalue weighted by Crippen LogP contribution is 2.09. The summed E-state index contributed by atoms with van der Waals surface area (Å²) in [6.07, 6.45) is 0.609. The maximum Gasteiger partial charge on any atom is 0.223 e. The highest BCUT2D eigenvalue weighted by Gasteiger charge is 1.97. The Morgan fingerprint density at radius 1 is 1.43 bits per heavy atom. The molecule has 1 rings (SSSR count). The smallest absolute Gasteiger partial charge is 0.223 e. The number of nitrogens with two attached hydrogens (primary N) is 1. The molecular formula is C10H15N3O. The van der Waals surface area contributed by atoms with E-state index in [4.69, 9.17) is 5.84 Å². The summed E-state index contributed by atoms with van der Waals surface area (Å²) >= 11 is 0. The van der Waals surface area contributed by atoms with Gasteiger partial charge in [-0.25, -0.2) is 5.84 Å². The second kappa shape index (κ2) is 5.24. The number of hydrazine groups is 1. The van der Waals surface area contributed by atoms with Crippen LogP contribution in [-0.2, 0) is 11.3 Å². The van der Waals surface area contributed by atoms with Gasteiger partial charge in [0.1, 0.15) is 0 Å². The first-order valence-electron chi connectivity index (χ1n) is 4.55. The van der Waals surface area contributed by atoms with Crippen molar-refractivity contribution in [3.8, 4) is 0 Å². The van der Waals surface area contributed by atoms with E-state index in [-0.39, 0.29) is 0 Å². The SMILES string of the molecule is CCNc1ccc(CN(N)C=O)cc1. The van der Waals surface area contributed by atoms with Gasteiger partial charge in [-0.15, -0.1) is 0 Å². The summed E-state index contributed by atoms with van der Waals surface area (Å²) in [6, 6.07) is 7.83. The summed E-state index contributed by atoms with van der Waals surface area (Å²) in [5, 5.41) is 4.30. The highest BCUT2D eigenvalue weighted by atomic mass is 16.1. The number of benzene rings is 1. The molecule has 76 valence electrons. The van der Waals surface area contributed by atoms with Crippen molar-refractivity contribution in [2.24, 2.45) is 5.84 Å². The van der Waals surface area contributed by atoms with E-state index in [9.17, 15) is 4.79 Å². The van der Waals surface area contributed by atoms with Crippen LogP contribution < -0.4 is 11.2 Å². The van der Waals surface area contributed by atoms with Crippen LogP contribution in [0.1, 0.15) is 12.5 Å². The zero-order valence-corrected chi connectivity index (χ0v) is 8.23. The number of hydrogen-bond acceptors (Lipinski definition) is 3. The van der Waals surface area contributed by atoms with Crippen molar-refractivity contribution in [2.45, 2.75) is 13.5 Å². The molecule has 4 heteroatoms. The minimum atomic E-state index is 0.440. The van der Waals surface area contributed by atoms with Crippen molar-refractivity contribution < 1.29 is 4.79 Å². The van der Waals surface area contributed by atoms with Crippen molar-refractivity contribution in [2.75, 3.05) is 11.9 Å². The number of rotatable bonds is 5. The Labute approximate surface area is 83.7 Å². The molecule has 1 amide bonds. The van der Waals surface area contributed by atoms with Gasteiger partial charge in [0.15, 0.2) is 0 Å². The lowest BCUT2D eigenvalue weighted by Gasteiger charge is -2.10. The molecule has 0 aliphatic carbocycles. The van der Waals surface area contributed by atoms with E-state index in [1.807, 2.05) is 31.2 Å². The third-order valence-electron chi connectivity index (χ3n) is 1.84. The largest absolute Gasteiger partial charge is 0.385 e. The van der Waals surface area contributed by atoms with Gasteiger partial charge in [0.05, 0.1) is 6.54 Å². The average Bonchev–Trinajstić information content (AvgIpc) is 2.21. The Balaban J connectivity index is 2.59. The van der Waals surface area contributed by atoms with Crippen LogP contribution in [0.2, 0.25) is 0 Å². The Hall–Kier alpha value is -1.55. The summed E-state index contributed by atoms with van der Waals surface area (Å²) in [6.45, 7) is 3.38. The first-order chi connectivity index (χ1) is 6.76. The summed E-state index contributed by atoms with van der Waals surface area (Å²) in [5.41, 5.74) is 2.09. The van der Waals surface area contributed by atoms with Gasteiger partial charge >= 0.3 is 0 Å². The minimum absolute atomic E-state index is 0.440. The van der Waals surface area contributed by atoms with E-state index < -0.39 is 0 Å². The van der Waals surface area contributed by atoms with E-state index >= 15 is 0 Å². The van der Waals surface area contributed by atoms with Crippen molar-refractivity contribution in [1.82, 2.24) is 5.01 Å². The normalized spacial score (nSPS) is 9.57. The van der Waals surface area contributed by atoms with Gasteiger partial charge < -0.3 is 5.32 Å². The van der Waals surface area contributed by atoms with E-state index in [0.29, 0.717) is 13.0 Å². The van der Waals surface area contributed by atoms with E-state index in [1.54, 1.807) is 0 Å². The van der Waals surface area contributed by atoms with Gasteiger partial charge in [-0.2, -0.15) is 0 Å². The van der Waals surface area contributed by atoms with Crippen LogP contribution in [0.25, 0.3) is 0 Å². The van der Waals surface area contributed by atoms with Crippen LogP contribution in [0.3, 0.4) is 0 Å². The van der Waals surface area contributed by atoms with Crippen LogP contribution in [-0.4, -0.2) is 18.0 Å². The van der Waals surface area contributed by atoms with E-state index in [2.05, 4.69) is 5.32 Å². The van der Waals surface area contributed by atoms with Crippen molar-refractivity contribution in [3.05, 3.63) is 29.8 Å². The third kappa shape index (κ3) is 3.06. The molecule has 14 heavy (non-hydrogen) atoms. The van der Waals surface area contributed by atoms with Crippen LogP contribution in [0.5, 0.6) is 0 Å². The Morgan fingerprint density at radius 2 is 2.07 bits per heavy atom. The lowest BCUT2D eigenvalue weighted by atomic mass is 10.2. The number of carbonyl (C=O) groups is 1. The molecule has 0 saturated carbocycles. The fraction of sp³-hybridized carbons (Fsp3) is 0.300. The zero-order valence-electron chi connectivity index (χ0n) is 8.23. The molecule has 0 unspecified atom stereocenters. The zero-order chi connectivity index (χ0) is 10.4. The molecule has 0 aliphatic rings. The van der Waals surface area contributed by atoms with Gasteiger partial charge in [0.2, 0.25) is 6.41 Å². The molecule has 0 radical (unpaired) electrons. The summed E-state index contributed by atoms with van der Waals surface area (Å²) < 4.78 is 0. The molecule has 1 aromatic rings. The molecule has 0 spiro atoms. The molecule has 0 atom stereocenters. The maximum absolute atomic E-state index is 10.3. The van der Waals surface area contributed by atoms with Crippen molar-refractivity contribution in [3.63, 3.8) is 0 Å². The first-order valence-corrected chi connectivity index (χ1v) is 4.55. The minimum Gasteiger partial charge on any atom is -0.385 e. The van der Waals surface area contributed by atoms with Gasteiger partial charge in [-0.1, -0.05) is 12.1 Å². The number of amides is 1. The van der Waals surface area contributed by atoms with Crippen LogP contribution in [0, 0.1) is 0 Å². The fourth-order valence-corrected chi connectivity index (χ4v) is 1.18. The molecule has 0 aliphatic heterocycles. The van der Waals surface area contributed by atoms with Gasteiger partial charge in [-0.3, -0.25) is 9.80 Å². The Bertz CT molecular complexity index is 284. The Kier molecular flexibility index (Phi) is 3.94. The molecule has 0 fully saturated rings. The monoisotopic (exact) mass is 193 g/mol. The van der Waals surface area contributed by atoms with Crippen LogP contribution in [0.15, 0.2) is 24.3 Å². The molecule has 0 aromatic heterocycles. The van der Waals surface area contributed by atoms with Crippen LogP contribution >= 0.6 is 0 Å². The molecule has 0 bridgehead atoms. The second-order valence-corrected chi connectivity index (χ2v) is 3.00. The maximum atomic E-state index is 10.3.